The molecule has 0 bridgehead atoms. The van der Waals surface area contributed by atoms with Gasteiger partial charge in [0.1, 0.15) is 5.82 Å². The lowest BCUT2D eigenvalue weighted by molar-refractivity contribution is 0.449. The van der Waals surface area contributed by atoms with Gasteiger partial charge in [-0.05, 0) is 37.3 Å². The number of benzene rings is 2. The fourth-order valence-corrected chi connectivity index (χ4v) is 3.18. The van der Waals surface area contributed by atoms with Crippen molar-refractivity contribution < 1.29 is 21.6 Å². The highest BCUT2D eigenvalue weighted by Crippen LogP contribution is 2.24. The van der Waals surface area contributed by atoms with Crippen LogP contribution < -0.4 is 4.72 Å². The number of rotatable bonds is 3. The van der Waals surface area contributed by atoms with Crippen molar-refractivity contribution in [1.29, 1.82) is 0 Å². The first-order valence-corrected chi connectivity index (χ1v) is 7.89. The first-order chi connectivity index (χ1) is 10.8. The molecule has 2 N–H and O–H groups in total. The number of aryl methyl sites for hydroxylation is 1. The van der Waals surface area contributed by atoms with E-state index in [1.807, 2.05) is 4.72 Å². The molecule has 1 heterocycles. The highest BCUT2D eigenvalue weighted by Gasteiger charge is 2.20. The van der Waals surface area contributed by atoms with Gasteiger partial charge in [-0.15, -0.1) is 0 Å². The molecule has 0 aliphatic carbocycles. The number of H-pyrrole nitrogens is 1. The van der Waals surface area contributed by atoms with Gasteiger partial charge in [-0.25, -0.2) is 26.6 Å². The molecule has 0 amide bonds. The zero-order chi connectivity index (χ0) is 16.8. The molecule has 3 rings (SSSR count). The number of nitrogens with zero attached hydrogens (tertiary/aromatic N) is 1. The number of aromatic amines is 1. The van der Waals surface area contributed by atoms with Crippen molar-refractivity contribution >= 4 is 26.7 Å². The number of halogens is 3. The summed E-state index contributed by atoms with van der Waals surface area (Å²) in [5.74, 6) is -4.15. The van der Waals surface area contributed by atoms with Gasteiger partial charge in [-0.1, -0.05) is 0 Å². The Morgan fingerprint density at radius 1 is 1.09 bits per heavy atom. The minimum atomic E-state index is -4.17. The van der Waals surface area contributed by atoms with Gasteiger partial charge in [0.15, 0.2) is 17.5 Å². The third-order valence-electron chi connectivity index (χ3n) is 3.16. The lowest BCUT2D eigenvalue weighted by Gasteiger charge is -2.09. The standard InChI is InChI=1S/C14H10F3N3O2S/c1-7-18-10-4-2-8(6-12(10)19-7)23(21,22)20-11-5-3-9(15)13(16)14(11)17/h2-6,20H,1H3,(H,18,19). The second-order valence-corrected chi connectivity index (χ2v) is 6.51. The number of imidazole rings is 1. The molecule has 0 radical (unpaired) electrons. The van der Waals surface area contributed by atoms with Crippen molar-refractivity contribution in [1.82, 2.24) is 9.97 Å². The van der Waals surface area contributed by atoms with Gasteiger partial charge < -0.3 is 4.98 Å². The fourth-order valence-electron chi connectivity index (χ4n) is 2.09. The molecule has 3 aromatic rings. The van der Waals surface area contributed by atoms with Gasteiger partial charge in [0.05, 0.1) is 21.6 Å². The molecule has 0 spiro atoms. The number of hydrogen-bond donors (Lipinski definition) is 2. The molecule has 2 aromatic carbocycles. The van der Waals surface area contributed by atoms with E-state index in [0.717, 1.165) is 6.07 Å². The van der Waals surface area contributed by atoms with E-state index in [1.54, 1.807) is 6.92 Å². The van der Waals surface area contributed by atoms with Gasteiger partial charge >= 0.3 is 0 Å². The summed E-state index contributed by atoms with van der Waals surface area (Å²) in [6.45, 7) is 1.71. The van der Waals surface area contributed by atoms with Crippen LogP contribution in [0.15, 0.2) is 35.2 Å². The van der Waals surface area contributed by atoms with E-state index < -0.39 is 33.2 Å². The molecule has 0 atom stereocenters. The molecule has 0 unspecified atom stereocenters. The summed E-state index contributed by atoms with van der Waals surface area (Å²) in [7, 11) is -4.17. The highest BCUT2D eigenvalue weighted by molar-refractivity contribution is 7.92. The molecule has 0 saturated heterocycles. The summed E-state index contributed by atoms with van der Waals surface area (Å²) in [5, 5.41) is 0. The van der Waals surface area contributed by atoms with Crippen molar-refractivity contribution in [3.05, 3.63) is 53.6 Å². The topological polar surface area (TPSA) is 74.8 Å². The summed E-state index contributed by atoms with van der Waals surface area (Å²) in [6, 6.07) is 5.52. The lowest BCUT2D eigenvalue weighted by Crippen LogP contribution is -2.14. The quantitative estimate of drug-likeness (QED) is 0.719. The maximum Gasteiger partial charge on any atom is 0.262 e. The number of nitrogens with one attached hydrogen (secondary N) is 2. The van der Waals surface area contributed by atoms with Crippen LogP contribution in [0.2, 0.25) is 0 Å². The smallest absolute Gasteiger partial charge is 0.262 e. The van der Waals surface area contributed by atoms with Crippen LogP contribution in [0.3, 0.4) is 0 Å². The van der Waals surface area contributed by atoms with Crippen LogP contribution >= 0.6 is 0 Å². The number of fused-ring (bicyclic) bond motifs is 1. The summed E-state index contributed by atoms with van der Waals surface area (Å²) in [6.07, 6.45) is 0. The Balaban J connectivity index is 2.02. The maximum atomic E-state index is 13.6. The Hall–Kier alpha value is -2.55. The van der Waals surface area contributed by atoms with Crippen molar-refractivity contribution in [3.63, 3.8) is 0 Å². The number of sulfonamides is 1. The molecular weight excluding hydrogens is 331 g/mol. The normalized spacial score (nSPS) is 11.8. The van der Waals surface area contributed by atoms with Crippen LogP contribution in [0.25, 0.3) is 11.0 Å². The molecule has 0 aliphatic heterocycles. The minimum absolute atomic E-state index is 0.169. The first-order valence-electron chi connectivity index (χ1n) is 6.40. The van der Waals surface area contributed by atoms with Crippen molar-refractivity contribution in [2.24, 2.45) is 0 Å². The van der Waals surface area contributed by atoms with Crippen LogP contribution in [0.4, 0.5) is 18.9 Å². The van der Waals surface area contributed by atoms with E-state index in [1.165, 1.54) is 18.2 Å². The molecular formula is C14H10F3N3O2S. The van der Waals surface area contributed by atoms with Gasteiger partial charge in [0.2, 0.25) is 0 Å². The zero-order valence-corrected chi connectivity index (χ0v) is 12.5. The van der Waals surface area contributed by atoms with E-state index in [9.17, 15) is 21.6 Å². The SMILES string of the molecule is Cc1nc2ccc(S(=O)(=O)Nc3ccc(F)c(F)c3F)cc2[nH]1. The lowest BCUT2D eigenvalue weighted by atomic mass is 10.3. The molecule has 9 heteroatoms. The highest BCUT2D eigenvalue weighted by atomic mass is 32.2. The van der Waals surface area contributed by atoms with Crippen LogP contribution in [0, 0.1) is 24.4 Å². The largest absolute Gasteiger partial charge is 0.342 e. The second kappa shape index (κ2) is 5.27. The van der Waals surface area contributed by atoms with E-state index in [-0.39, 0.29) is 4.90 Å². The third-order valence-corrected chi connectivity index (χ3v) is 4.52. The predicted octanol–water partition coefficient (Wildman–Crippen LogP) is 3.09. The van der Waals surface area contributed by atoms with E-state index in [2.05, 4.69) is 9.97 Å². The van der Waals surface area contributed by atoms with E-state index >= 15 is 0 Å². The number of aromatic nitrogens is 2. The Bertz CT molecular complexity index is 1020. The Kier molecular flexibility index (Phi) is 3.52. The molecule has 0 aliphatic rings. The van der Waals surface area contributed by atoms with Crippen molar-refractivity contribution in [3.8, 4) is 0 Å². The number of hydrogen-bond acceptors (Lipinski definition) is 3. The summed E-state index contributed by atoms with van der Waals surface area (Å²) in [4.78, 5) is 6.84. The Morgan fingerprint density at radius 2 is 1.83 bits per heavy atom. The van der Waals surface area contributed by atoms with E-state index in [0.29, 0.717) is 22.9 Å². The Labute approximate surface area is 129 Å². The minimum Gasteiger partial charge on any atom is -0.342 e. The number of anilines is 1. The van der Waals surface area contributed by atoms with Crippen LogP contribution in [-0.2, 0) is 10.0 Å². The predicted molar refractivity (Wildman–Crippen MR) is 78.0 cm³/mol. The van der Waals surface area contributed by atoms with Crippen molar-refractivity contribution in [2.75, 3.05) is 4.72 Å². The molecule has 0 saturated carbocycles. The van der Waals surface area contributed by atoms with E-state index in [4.69, 9.17) is 0 Å². The fraction of sp³-hybridized carbons (Fsp3) is 0.0714. The maximum absolute atomic E-state index is 13.6. The molecule has 0 fully saturated rings. The third kappa shape index (κ3) is 2.74. The van der Waals surface area contributed by atoms with Gasteiger partial charge in [-0.2, -0.15) is 0 Å². The summed E-state index contributed by atoms with van der Waals surface area (Å²) >= 11 is 0. The average Bonchev–Trinajstić information content (AvgIpc) is 2.87. The molecule has 1 aromatic heterocycles. The second-order valence-electron chi connectivity index (χ2n) is 4.83. The molecule has 5 nitrogen and oxygen atoms in total. The van der Waals surface area contributed by atoms with Crippen LogP contribution in [0.5, 0.6) is 0 Å². The first kappa shape index (κ1) is 15.3. The zero-order valence-electron chi connectivity index (χ0n) is 11.7. The van der Waals surface area contributed by atoms with Gasteiger partial charge in [0.25, 0.3) is 10.0 Å². The van der Waals surface area contributed by atoms with Crippen molar-refractivity contribution in [2.45, 2.75) is 11.8 Å². The van der Waals surface area contributed by atoms with Gasteiger partial charge in [-0.3, -0.25) is 4.72 Å². The summed E-state index contributed by atoms with van der Waals surface area (Å²) < 4.78 is 66.1. The van der Waals surface area contributed by atoms with Crippen LogP contribution in [0.1, 0.15) is 5.82 Å². The Morgan fingerprint density at radius 3 is 2.57 bits per heavy atom. The molecule has 23 heavy (non-hydrogen) atoms. The molecule has 120 valence electrons. The van der Waals surface area contributed by atoms with Crippen LogP contribution in [-0.4, -0.2) is 18.4 Å². The average molecular weight is 341 g/mol. The monoisotopic (exact) mass is 341 g/mol. The summed E-state index contributed by atoms with van der Waals surface area (Å²) in [5.41, 5.74) is 0.376. The van der Waals surface area contributed by atoms with Gasteiger partial charge in [0, 0.05) is 0 Å².